The standard InChI is InChI=1S/C13H18FNO2/c1-8(15)10-6-5-9(7-11(10)14)17-13-4-2-3-12(13)16/h5-8,12-13,16H,2-4,15H2,1H3/t8-,12?,13?/m0/s1. The molecule has 1 fully saturated rings. The third kappa shape index (κ3) is 2.76. The monoisotopic (exact) mass is 239 g/mol. The fourth-order valence-electron chi connectivity index (χ4n) is 2.17. The normalized spacial score (nSPS) is 25.9. The van der Waals surface area contributed by atoms with Crippen LogP contribution in [0.1, 0.15) is 37.8 Å². The highest BCUT2D eigenvalue weighted by atomic mass is 19.1. The molecule has 3 nitrogen and oxygen atoms in total. The molecule has 94 valence electrons. The quantitative estimate of drug-likeness (QED) is 0.849. The van der Waals surface area contributed by atoms with Crippen LogP contribution in [0.15, 0.2) is 18.2 Å². The first kappa shape index (κ1) is 12.3. The lowest BCUT2D eigenvalue weighted by molar-refractivity contribution is 0.0602. The molecule has 1 aliphatic rings. The molecule has 1 aliphatic carbocycles. The van der Waals surface area contributed by atoms with Crippen molar-refractivity contribution in [3.8, 4) is 5.75 Å². The van der Waals surface area contributed by atoms with E-state index in [0.29, 0.717) is 11.3 Å². The molecular weight excluding hydrogens is 221 g/mol. The van der Waals surface area contributed by atoms with Gasteiger partial charge in [0.2, 0.25) is 0 Å². The summed E-state index contributed by atoms with van der Waals surface area (Å²) in [5.41, 5.74) is 6.11. The summed E-state index contributed by atoms with van der Waals surface area (Å²) >= 11 is 0. The number of nitrogens with two attached hydrogens (primary N) is 1. The second kappa shape index (κ2) is 5.02. The second-order valence-corrected chi connectivity index (χ2v) is 4.63. The van der Waals surface area contributed by atoms with E-state index in [0.717, 1.165) is 19.3 Å². The molecule has 0 aromatic heterocycles. The summed E-state index contributed by atoms with van der Waals surface area (Å²) in [5, 5.41) is 9.62. The van der Waals surface area contributed by atoms with Crippen molar-refractivity contribution < 1.29 is 14.2 Å². The van der Waals surface area contributed by atoms with E-state index in [1.807, 2.05) is 0 Å². The molecule has 1 aromatic carbocycles. The van der Waals surface area contributed by atoms with Gasteiger partial charge in [-0.2, -0.15) is 0 Å². The highest BCUT2D eigenvalue weighted by Crippen LogP contribution is 2.26. The highest BCUT2D eigenvalue weighted by Gasteiger charge is 2.27. The molecular formula is C13H18FNO2. The zero-order chi connectivity index (χ0) is 12.4. The first-order chi connectivity index (χ1) is 8.08. The Balaban J connectivity index is 2.09. The molecule has 3 N–H and O–H groups in total. The van der Waals surface area contributed by atoms with Gasteiger partial charge >= 0.3 is 0 Å². The predicted octanol–water partition coefficient (Wildman–Crippen LogP) is 2.14. The van der Waals surface area contributed by atoms with Crippen LogP contribution in [0.3, 0.4) is 0 Å². The van der Waals surface area contributed by atoms with Crippen molar-refractivity contribution in [2.45, 2.75) is 44.4 Å². The molecule has 1 aromatic rings. The average Bonchev–Trinajstić information content (AvgIpc) is 2.64. The van der Waals surface area contributed by atoms with Crippen molar-refractivity contribution in [3.63, 3.8) is 0 Å². The molecule has 3 atom stereocenters. The number of aliphatic hydroxyl groups is 1. The van der Waals surface area contributed by atoms with Gasteiger partial charge in [-0.3, -0.25) is 0 Å². The lowest BCUT2D eigenvalue weighted by Crippen LogP contribution is -2.25. The van der Waals surface area contributed by atoms with Crippen molar-refractivity contribution in [2.24, 2.45) is 5.73 Å². The van der Waals surface area contributed by atoms with Crippen LogP contribution in [0.5, 0.6) is 5.75 Å². The van der Waals surface area contributed by atoms with Gasteiger partial charge in [-0.1, -0.05) is 6.07 Å². The molecule has 0 bridgehead atoms. The van der Waals surface area contributed by atoms with Crippen LogP contribution >= 0.6 is 0 Å². The number of rotatable bonds is 3. The Morgan fingerprint density at radius 3 is 2.76 bits per heavy atom. The maximum absolute atomic E-state index is 13.6. The lowest BCUT2D eigenvalue weighted by Gasteiger charge is -2.18. The van der Waals surface area contributed by atoms with Gasteiger partial charge < -0.3 is 15.6 Å². The zero-order valence-corrected chi connectivity index (χ0v) is 9.90. The molecule has 0 saturated heterocycles. The van der Waals surface area contributed by atoms with Crippen LogP contribution in [-0.2, 0) is 0 Å². The largest absolute Gasteiger partial charge is 0.488 e. The van der Waals surface area contributed by atoms with Gasteiger partial charge in [-0.25, -0.2) is 4.39 Å². The summed E-state index contributed by atoms with van der Waals surface area (Å²) in [4.78, 5) is 0. The van der Waals surface area contributed by atoms with Gasteiger partial charge in [-0.15, -0.1) is 0 Å². The van der Waals surface area contributed by atoms with Crippen molar-refractivity contribution in [2.75, 3.05) is 0 Å². The molecule has 1 saturated carbocycles. The minimum absolute atomic E-state index is 0.212. The number of hydrogen-bond acceptors (Lipinski definition) is 3. The topological polar surface area (TPSA) is 55.5 Å². The van der Waals surface area contributed by atoms with E-state index in [9.17, 15) is 9.50 Å². The van der Waals surface area contributed by atoms with Crippen molar-refractivity contribution >= 4 is 0 Å². The summed E-state index contributed by atoms with van der Waals surface area (Å²) in [6, 6.07) is 4.34. The minimum atomic E-state index is -0.439. The van der Waals surface area contributed by atoms with Gasteiger partial charge in [0.25, 0.3) is 0 Å². The molecule has 2 unspecified atom stereocenters. The Morgan fingerprint density at radius 1 is 1.47 bits per heavy atom. The van der Waals surface area contributed by atoms with Gasteiger partial charge in [0.15, 0.2) is 0 Å². The molecule has 0 radical (unpaired) electrons. The molecule has 2 rings (SSSR count). The SMILES string of the molecule is C[C@H](N)c1ccc(OC2CCCC2O)cc1F. The van der Waals surface area contributed by atoms with Crippen LogP contribution < -0.4 is 10.5 Å². The Morgan fingerprint density at radius 2 is 2.24 bits per heavy atom. The molecule has 0 heterocycles. The zero-order valence-electron chi connectivity index (χ0n) is 9.90. The highest BCUT2D eigenvalue weighted by molar-refractivity contribution is 5.30. The maximum atomic E-state index is 13.6. The van der Waals surface area contributed by atoms with Crippen LogP contribution in [0.2, 0.25) is 0 Å². The third-order valence-corrected chi connectivity index (χ3v) is 3.17. The fourth-order valence-corrected chi connectivity index (χ4v) is 2.17. The van der Waals surface area contributed by atoms with Crippen LogP contribution in [0, 0.1) is 5.82 Å². The van der Waals surface area contributed by atoms with Crippen LogP contribution in [-0.4, -0.2) is 17.3 Å². The van der Waals surface area contributed by atoms with E-state index in [1.165, 1.54) is 6.07 Å². The number of hydrogen-bond donors (Lipinski definition) is 2. The van der Waals surface area contributed by atoms with E-state index < -0.39 is 6.10 Å². The number of ether oxygens (including phenoxy) is 1. The van der Waals surface area contributed by atoms with E-state index in [1.54, 1.807) is 19.1 Å². The Hall–Kier alpha value is -1.13. The smallest absolute Gasteiger partial charge is 0.131 e. The maximum Gasteiger partial charge on any atom is 0.131 e. The van der Waals surface area contributed by atoms with Crippen molar-refractivity contribution in [3.05, 3.63) is 29.6 Å². The predicted molar refractivity (Wildman–Crippen MR) is 63.3 cm³/mol. The van der Waals surface area contributed by atoms with Gasteiger partial charge in [0.1, 0.15) is 17.7 Å². The van der Waals surface area contributed by atoms with Crippen LogP contribution in [0.25, 0.3) is 0 Å². The summed E-state index contributed by atoms with van der Waals surface area (Å²) in [7, 11) is 0. The molecule has 4 heteroatoms. The average molecular weight is 239 g/mol. The summed E-state index contributed by atoms with van der Waals surface area (Å²) in [5.74, 6) is 0.0998. The van der Waals surface area contributed by atoms with E-state index in [-0.39, 0.29) is 18.0 Å². The van der Waals surface area contributed by atoms with Crippen molar-refractivity contribution in [1.82, 2.24) is 0 Å². The number of halogens is 1. The fraction of sp³-hybridized carbons (Fsp3) is 0.538. The second-order valence-electron chi connectivity index (χ2n) is 4.63. The molecule has 0 spiro atoms. The van der Waals surface area contributed by atoms with Crippen molar-refractivity contribution in [1.29, 1.82) is 0 Å². The third-order valence-electron chi connectivity index (χ3n) is 3.17. The number of benzene rings is 1. The molecule has 17 heavy (non-hydrogen) atoms. The summed E-state index contributed by atoms with van der Waals surface area (Å²) in [6.45, 7) is 1.74. The van der Waals surface area contributed by atoms with Gasteiger partial charge in [0, 0.05) is 17.7 Å². The van der Waals surface area contributed by atoms with Crippen LogP contribution in [0.4, 0.5) is 4.39 Å². The Labute approximate surface area is 100 Å². The minimum Gasteiger partial charge on any atom is -0.488 e. The van der Waals surface area contributed by atoms with Gasteiger partial charge in [0.05, 0.1) is 6.10 Å². The molecule has 0 amide bonds. The number of aliphatic hydroxyl groups excluding tert-OH is 1. The van der Waals surface area contributed by atoms with E-state index in [4.69, 9.17) is 10.5 Å². The first-order valence-corrected chi connectivity index (χ1v) is 5.97. The Bertz CT molecular complexity index is 395. The Kier molecular flexibility index (Phi) is 3.64. The van der Waals surface area contributed by atoms with Gasteiger partial charge in [-0.05, 0) is 32.3 Å². The first-order valence-electron chi connectivity index (χ1n) is 5.97. The van der Waals surface area contributed by atoms with E-state index >= 15 is 0 Å². The van der Waals surface area contributed by atoms with E-state index in [2.05, 4.69) is 0 Å². The summed E-state index contributed by atoms with van der Waals surface area (Å²) < 4.78 is 19.2. The lowest BCUT2D eigenvalue weighted by atomic mass is 10.1. The summed E-state index contributed by atoms with van der Waals surface area (Å²) in [6.07, 6.45) is 1.87. The molecule has 0 aliphatic heterocycles.